The topological polar surface area (TPSA) is 108 Å². The summed E-state index contributed by atoms with van der Waals surface area (Å²) < 4.78 is 1.70. The Bertz CT molecular complexity index is 1240. The van der Waals surface area contributed by atoms with Crippen LogP contribution in [0.2, 0.25) is 0 Å². The van der Waals surface area contributed by atoms with Crippen molar-refractivity contribution in [2.24, 2.45) is 5.41 Å². The van der Waals surface area contributed by atoms with Crippen LogP contribution in [0.15, 0.2) is 24.4 Å². The minimum Gasteiger partial charge on any atom is -0.339 e. The SMILES string of the molecule is CC(C)n1nc(C#N)c2c1C(=O)CC1(CCN(C(=O)c3ccc4[nH]ncc4c3)CC1)C2. The Hall–Kier alpha value is -3.47. The molecule has 0 bridgehead atoms. The molecule has 5 rings (SSSR count). The summed E-state index contributed by atoms with van der Waals surface area (Å²) in [5.41, 5.74) is 3.11. The minimum absolute atomic E-state index is 0.00566. The summed E-state index contributed by atoms with van der Waals surface area (Å²) in [6.07, 6.45) is 4.33. The molecular formula is C23H24N6O2. The molecule has 0 unspecified atom stereocenters. The number of nitriles is 1. The van der Waals surface area contributed by atoms with Crippen LogP contribution in [-0.2, 0) is 6.42 Å². The third-order valence-corrected chi connectivity index (χ3v) is 6.75. The number of aromatic amines is 1. The lowest BCUT2D eigenvalue weighted by atomic mass is 9.66. The lowest BCUT2D eigenvalue weighted by Gasteiger charge is -2.43. The molecule has 0 radical (unpaired) electrons. The van der Waals surface area contributed by atoms with E-state index < -0.39 is 0 Å². The van der Waals surface area contributed by atoms with Crippen molar-refractivity contribution < 1.29 is 9.59 Å². The lowest BCUT2D eigenvalue weighted by molar-refractivity contribution is 0.0517. The fraction of sp³-hybridized carbons (Fsp3) is 0.435. The van der Waals surface area contributed by atoms with Gasteiger partial charge in [0.25, 0.3) is 5.91 Å². The fourth-order valence-electron chi connectivity index (χ4n) is 5.05. The minimum atomic E-state index is -0.203. The number of fused-ring (bicyclic) bond motifs is 2. The van der Waals surface area contributed by atoms with E-state index in [0.717, 1.165) is 29.3 Å². The molecule has 8 heteroatoms. The zero-order valence-corrected chi connectivity index (χ0v) is 17.7. The highest BCUT2D eigenvalue weighted by molar-refractivity contribution is 5.99. The second-order valence-corrected chi connectivity index (χ2v) is 9.07. The van der Waals surface area contributed by atoms with Gasteiger partial charge >= 0.3 is 0 Å². The van der Waals surface area contributed by atoms with Crippen LogP contribution < -0.4 is 0 Å². The largest absolute Gasteiger partial charge is 0.339 e. The van der Waals surface area contributed by atoms with E-state index >= 15 is 0 Å². The zero-order chi connectivity index (χ0) is 21.8. The van der Waals surface area contributed by atoms with Gasteiger partial charge in [0.1, 0.15) is 11.8 Å². The van der Waals surface area contributed by atoms with Crippen molar-refractivity contribution in [3.63, 3.8) is 0 Å². The Kier molecular flexibility index (Phi) is 4.43. The monoisotopic (exact) mass is 416 g/mol. The molecule has 158 valence electrons. The summed E-state index contributed by atoms with van der Waals surface area (Å²) in [4.78, 5) is 28.0. The molecule has 1 saturated heterocycles. The maximum atomic E-state index is 13.1. The van der Waals surface area contributed by atoms with Crippen molar-refractivity contribution in [3.05, 3.63) is 46.9 Å². The number of nitrogens with one attached hydrogen (secondary N) is 1. The van der Waals surface area contributed by atoms with Crippen LogP contribution in [0.4, 0.5) is 0 Å². The summed E-state index contributed by atoms with van der Waals surface area (Å²) in [5, 5.41) is 21.8. The average molecular weight is 416 g/mol. The molecule has 1 amide bonds. The van der Waals surface area contributed by atoms with Crippen molar-refractivity contribution in [2.45, 2.75) is 45.6 Å². The van der Waals surface area contributed by atoms with Crippen molar-refractivity contribution in [2.75, 3.05) is 13.1 Å². The molecule has 1 fully saturated rings. The van der Waals surface area contributed by atoms with Crippen LogP contribution >= 0.6 is 0 Å². The Morgan fingerprint density at radius 3 is 2.74 bits per heavy atom. The van der Waals surface area contributed by atoms with E-state index in [1.165, 1.54) is 0 Å². The summed E-state index contributed by atoms with van der Waals surface area (Å²) >= 11 is 0. The third kappa shape index (κ3) is 3.12. The van der Waals surface area contributed by atoms with Crippen LogP contribution in [0.1, 0.15) is 71.3 Å². The number of aromatic nitrogens is 4. The quantitative estimate of drug-likeness (QED) is 0.690. The Morgan fingerprint density at radius 2 is 2.03 bits per heavy atom. The van der Waals surface area contributed by atoms with Crippen molar-refractivity contribution in [3.8, 4) is 6.07 Å². The van der Waals surface area contributed by atoms with Gasteiger partial charge in [-0.25, -0.2) is 0 Å². The first-order chi connectivity index (χ1) is 14.9. The number of likely N-dealkylation sites (tertiary alicyclic amines) is 1. The molecule has 1 aliphatic carbocycles. The standard InChI is InChI=1S/C23H24N6O2/c1-14(2)29-21-17(19(12-24)27-29)10-23(11-20(21)30)5-7-28(8-6-23)22(31)15-3-4-18-16(9-15)13-25-26-18/h3-4,9,13-14H,5-8,10-11H2,1-2H3,(H,25,26). The molecule has 0 atom stereocenters. The third-order valence-electron chi connectivity index (χ3n) is 6.75. The maximum Gasteiger partial charge on any atom is 0.253 e. The van der Waals surface area contributed by atoms with Gasteiger partial charge in [-0.05, 0) is 56.7 Å². The summed E-state index contributed by atoms with van der Waals surface area (Å²) in [7, 11) is 0. The number of Topliss-reactive ketones (excluding diaryl/α,β-unsaturated/α-hetero) is 1. The van der Waals surface area contributed by atoms with Gasteiger partial charge < -0.3 is 4.90 Å². The van der Waals surface area contributed by atoms with Gasteiger partial charge in [-0.15, -0.1) is 0 Å². The molecule has 1 aromatic carbocycles. The first-order valence-corrected chi connectivity index (χ1v) is 10.7. The van der Waals surface area contributed by atoms with Gasteiger partial charge in [0, 0.05) is 42.1 Å². The van der Waals surface area contributed by atoms with Crippen molar-refractivity contribution in [1.82, 2.24) is 24.9 Å². The highest BCUT2D eigenvalue weighted by atomic mass is 16.2. The number of nitrogens with zero attached hydrogens (tertiary/aromatic N) is 5. The van der Waals surface area contributed by atoms with E-state index in [1.54, 1.807) is 10.9 Å². The van der Waals surface area contributed by atoms with Crippen molar-refractivity contribution >= 4 is 22.6 Å². The number of hydrogen-bond acceptors (Lipinski definition) is 5. The highest BCUT2D eigenvalue weighted by Gasteiger charge is 2.44. The molecule has 31 heavy (non-hydrogen) atoms. The van der Waals surface area contributed by atoms with Crippen LogP contribution in [-0.4, -0.2) is 49.7 Å². The van der Waals surface area contributed by atoms with Gasteiger partial charge in [-0.2, -0.15) is 15.5 Å². The van der Waals surface area contributed by atoms with Gasteiger partial charge in [0.05, 0.1) is 11.7 Å². The average Bonchev–Trinajstić information content (AvgIpc) is 3.37. The number of benzene rings is 1. The molecule has 2 aromatic heterocycles. The Morgan fingerprint density at radius 1 is 1.26 bits per heavy atom. The van der Waals surface area contributed by atoms with Gasteiger partial charge in [-0.1, -0.05) is 0 Å². The number of carbonyl (C=O) groups excluding carboxylic acids is 2. The van der Waals surface area contributed by atoms with E-state index in [2.05, 4.69) is 21.4 Å². The molecule has 8 nitrogen and oxygen atoms in total. The molecule has 3 aromatic rings. The number of carbonyl (C=O) groups is 2. The number of hydrogen-bond donors (Lipinski definition) is 1. The molecular weight excluding hydrogens is 392 g/mol. The van der Waals surface area contributed by atoms with Crippen LogP contribution in [0.3, 0.4) is 0 Å². The van der Waals surface area contributed by atoms with Crippen molar-refractivity contribution in [1.29, 1.82) is 5.26 Å². The second kappa shape index (κ2) is 7.05. The number of rotatable bonds is 2. The summed E-state index contributed by atoms with van der Waals surface area (Å²) in [6.45, 7) is 5.14. The van der Waals surface area contributed by atoms with Crippen LogP contribution in [0.5, 0.6) is 0 Å². The normalized spacial score (nSPS) is 17.9. The maximum absolute atomic E-state index is 13.1. The van der Waals surface area contributed by atoms with E-state index in [-0.39, 0.29) is 23.1 Å². The second-order valence-electron chi connectivity index (χ2n) is 9.07. The fourth-order valence-corrected chi connectivity index (χ4v) is 5.05. The van der Waals surface area contributed by atoms with E-state index in [1.807, 2.05) is 36.9 Å². The predicted molar refractivity (Wildman–Crippen MR) is 114 cm³/mol. The number of piperidine rings is 1. The number of H-pyrrole nitrogens is 1. The zero-order valence-electron chi connectivity index (χ0n) is 17.7. The highest BCUT2D eigenvalue weighted by Crippen LogP contribution is 2.45. The molecule has 3 heterocycles. The van der Waals surface area contributed by atoms with Gasteiger partial charge in [0.15, 0.2) is 11.5 Å². The molecule has 1 N–H and O–H groups in total. The summed E-state index contributed by atoms with van der Waals surface area (Å²) in [6, 6.07) is 7.76. The number of ketones is 1. The first-order valence-electron chi connectivity index (χ1n) is 10.7. The van der Waals surface area contributed by atoms with Gasteiger partial charge in [-0.3, -0.25) is 19.4 Å². The van der Waals surface area contributed by atoms with Crippen LogP contribution in [0, 0.1) is 16.7 Å². The summed E-state index contributed by atoms with van der Waals surface area (Å²) in [5.74, 6) is 0.0697. The molecule has 1 spiro atoms. The predicted octanol–water partition coefficient (Wildman–Crippen LogP) is 3.26. The van der Waals surface area contributed by atoms with E-state index in [4.69, 9.17) is 0 Å². The Labute approximate surface area is 179 Å². The van der Waals surface area contributed by atoms with E-state index in [0.29, 0.717) is 42.9 Å². The first kappa shape index (κ1) is 19.5. The molecule has 1 aliphatic heterocycles. The number of amides is 1. The molecule has 2 aliphatic rings. The lowest BCUT2D eigenvalue weighted by Crippen LogP contribution is -2.46. The Balaban J connectivity index is 1.36. The smallest absolute Gasteiger partial charge is 0.253 e. The molecule has 0 saturated carbocycles. The van der Waals surface area contributed by atoms with Crippen LogP contribution in [0.25, 0.3) is 10.9 Å². The van der Waals surface area contributed by atoms with E-state index in [9.17, 15) is 14.9 Å². The van der Waals surface area contributed by atoms with Gasteiger partial charge in [0.2, 0.25) is 0 Å².